The van der Waals surface area contributed by atoms with Gasteiger partial charge < -0.3 is 9.64 Å². The Kier molecular flexibility index (Phi) is 5.65. The molecule has 1 amide bonds. The van der Waals surface area contributed by atoms with Gasteiger partial charge in [-0.2, -0.15) is 0 Å². The molecule has 0 saturated carbocycles. The molecule has 0 aliphatic carbocycles. The van der Waals surface area contributed by atoms with Gasteiger partial charge in [0.25, 0.3) is 5.91 Å². The number of halogens is 3. The minimum atomic E-state index is -4.88. The van der Waals surface area contributed by atoms with Crippen LogP contribution in [0.15, 0.2) is 79.3 Å². The van der Waals surface area contributed by atoms with E-state index in [2.05, 4.69) is 14.7 Å². The maximum Gasteiger partial charge on any atom is 0.573 e. The predicted octanol–water partition coefficient (Wildman–Crippen LogP) is 5.83. The number of carbonyl (C=O) groups excluding carboxylic acids is 1. The lowest BCUT2D eigenvalue weighted by Crippen LogP contribution is -2.28. The van der Waals surface area contributed by atoms with Crippen LogP contribution in [-0.4, -0.2) is 40.2 Å². The van der Waals surface area contributed by atoms with Crippen molar-refractivity contribution in [2.45, 2.75) is 18.7 Å². The van der Waals surface area contributed by atoms with Crippen molar-refractivity contribution < 1.29 is 22.7 Å². The van der Waals surface area contributed by atoms with Gasteiger partial charge in [0.05, 0.1) is 5.52 Å². The standard InChI is InChI=1S/C26H20F3N3O2/c27-26(28,29)34-22-13-20(23-7-1-4-17-5-3-10-31-24(17)23)12-21(14-22)25(33)32-11-8-19(16-32)18-6-2-9-30-15-18/h1-7,9-10,12-15,19H,8,11,16H2. The highest BCUT2D eigenvalue weighted by molar-refractivity contribution is 5.99. The molecule has 8 heteroatoms. The van der Waals surface area contributed by atoms with E-state index in [9.17, 15) is 18.0 Å². The first-order chi connectivity index (χ1) is 16.4. The molecular weight excluding hydrogens is 443 g/mol. The Labute approximate surface area is 193 Å². The summed E-state index contributed by atoms with van der Waals surface area (Å²) in [5.74, 6) is -0.647. The van der Waals surface area contributed by atoms with E-state index < -0.39 is 12.1 Å². The van der Waals surface area contributed by atoms with Crippen molar-refractivity contribution in [1.29, 1.82) is 0 Å². The second-order valence-corrected chi connectivity index (χ2v) is 8.20. The van der Waals surface area contributed by atoms with Crippen molar-refractivity contribution in [2.24, 2.45) is 0 Å². The second kappa shape index (κ2) is 8.78. The smallest absolute Gasteiger partial charge is 0.406 e. The van der Waals surface area contributed by atoms with E-state index in [0.717, 1.165) is 23.4 Å². The highest BCUT2D eigenvalue weighted by atomic mass is 19.4. The number of pyridine rings is 2. The molecule has 0 spiro atoms. The van der Waals surface area contributed by atoms with Crippen molar-refractivity contribution >= 4 is 16.8 Å². The third kappa shape index (κ3) is 4.57. The maximum atomic E-state index is 13.3. The van der Waals surface area contributed by atoms with Crippen molar-refractivity contribution in [3.05, 3.63) is 90.4 Å². The van der Waals surface area contributed by atoms with Crippen LogP contribution in [-0.2, 0) is 0 Å². The fraction of sp³-hybridized carbons (Fsp3) is 0.192. The molecule has 5 nitrogen and oxygen atoms in total. The van der Waals surface area contributed by atoms with E-state index in [4.69, 9.17) is 0 Å². The number of benzene rings is 2. The third-order valence-electron chi connectivity index (χ3n) is 5.96. The number of nitrogens with zero attached hydrogens (tertiary/aromatic N) is 3. The number of hydrogen-bond acceptors (Lipinski definition) is 4. The van der Waals surface area contributed by atoms with E-state index in [0.29, 0.717) is 29.7 Å². The normalized spacial score (nSPS) is 16.1. The van der Waals surface area contributed by atoms with Gasteiger partial charge in [-0.1, -0.05) is 30.3 Å². The molecule has 1 fully saturated rings. The summed E-state index contributed by atoms with van der Waals surface area (Å²) >= 11 is 0. The van der Waals surface area contributed by atoms with E-state index in [1.807, 2.05) is 24.3 Å². The van der Waals surface area contributed by atoms with Crippen LogP contribution in [0.5, 0.6) is 5.75 Å². The summed E-state index contributed by atoms with van der Waals surface area (Å²) < 4.78 is 43.4. The van der Waals surface area contributed by atoms with Gasteiger partial charge in [0.15, 0.2) is 0 Å². The van der Waals surface area contributed by atoms with Crippen LogP contribution in [0.4, 0.5) is 13.2 Å². The first kappa shape index (κ1) is 21.9. The minimum absolute atomic E-state index is 0.133. The van der Waals surface area contributed by atoms with Gasteiger partial charge in [-0.05, 0) is 47.9 Å². The fourth-order valence-corrected chi connectivity index (χ4v) is 4.42. The number of hydrogen-bond donors (Lipinski definition) is 0. The highest BCUT2D eigenvalue weighted by Crippen LogP contribution is 2.34. The van der Waals surface area contributed by atoms with Crippen LogP contribution < -0.4 is 4.74 Å². The number of amides is 1. The number of para-hydroxylation sites is 1. The number of fused-ring (bicyclic) bond motifs is 1. The van der Waals surface area contributed by atoms with Gasteiger partial charge in [-0.25, -0.2) is 0 Å². The molecule has 1 aliphatic rings. The first-order valence-corrected chi connectivity index (χ1v) is 10.8. The quantitative estimate of drug-likeness (QED) is 0.382. The van der Waals surface area contributed by atoms with Crippen molar-refractivity contribution in [1.82, 2.24) is 14.9 Å². The zero-order valence-electron chi connectivity index (χ0n) is 18.0. The first-order valence-electron chi connectivity index (χ1n) is 10.8. The summed E-state index contributed by atoms with van der Waals surface area (Å²) in [6.07, 6.45) is 0.974. The Morgan fingerprint density at radius 1 is 1.03 bits per heavy atom. The van der Waals surface area contributed by atoms with Crippen LogP contribution in [0.2, 0.25) is 0 Å². The van der Waals surface area contributed by atoms with Gasteiger partial charge in [0, 0.05) is 54.1 Å². The monoisotopic (exact) mass is 463 g/mol. The lowest BCUT2D eigenvalue weighted by Gasteiger charge is -2.19. The number of rotatable bonds is 4. The van der Waals surface area contributed by atoms with Crippen molar-refractivity contribution in [3.8, 4) is 16.9 Å². The lowest BCUT2D eigenvalue weighted by molar-refractivity contribution is -0.274. The third-order valence-corrected chi connectivity index (χ3v) is 5.96. The van der Waals surface area contributed by atoms with Gasteiger partial charge in [0.1, 0.15) is 5.75 Å². The molecule has 2 aromatic carbocycles. The lowest BCUT2D eigenvalue weighted by atomic mass is 9.99. The molecule has 4 aromatic rings. The number of aromatic nitrogens is 2. The zero-order valence-corrected chi connectivity index (χ0v) is 18.0. The molecule has 3 heterocycles. The second-order valence-electron chi connectivity index (χ2n) is 8.20. The number of alkyl halides is 3. The van der Waals surface area contributed by atoms with E-state index in [1.165, 1.54) is 6.07 Å². The predicted molar refractivity (Wildman–Crippen MR) is 121 cm³/mol. The molecule has 34 heavy (non-hydrogen) atoms. The summed E-state index contributed by atoms with van der Waals surface area (Å²) in [7, 11) is 0. The van der Waals surface area contributed by atoms with Gasteiger partial charge in [-0.3, -0.25) is 14.8 Å². The topological polar surface area (TPSA) is 55.3 Å². The Morgan fingerprint density at radius 2 is 1.85 bits per heavy atom. The molecule has 0 radical (unpaired) electrons. The minimum Gasteiger partial charge on any atom is -0.406 e. The van der Waals surface area contributed by atoms with Crippen LogP contribution >= 0.6 is 0 Å². The molecule has 172 valence electrons. The summed E-state index contributed by atoms with van der Waals surface area (Å²) in [6, 6.07) is 17.0. The van der Waals surface area contributed by atoms with Crippen LogP contribution in [0.25, 0.3) is 22.0 Å². The molecule has 5 rings (SSSR count). The molecule has 1 aliphatic heterocycles. The number of ether oxygens (including phenoxy) is 1. The molecule has 0 bridgehead atoms. The molecule has 1 atom stereocenters. The van der Waals surface area contributed by atoms with Crippen LogP contribution in [0.3, 0.4) is 0 Å². The highest BCUT2D eigenvalue weighted by Gasteiger charge is 2.33. The van der Waals surface area contributed by atoms with E-state index in [-0.39, 0.29) is 17.4 Å². The van der Waals surface area contributed by atoms with Gasteiger partial charge in [-0.15, -0.1) is 13.2 Å². The number of likely N-dealkylation sites (tertiary alicyclic amines) is 1. The summed E-state index contributed by atoms with van der Waals surface area (Å²) in [5.41, 5.74) is 2.85. The average molecular weight is 463 g/mol. The maximum absolute atomic E-state index is 13.3. The summed E-state index contributed by atoms with van der Waals surface area (Å²) in [5, 5.41) is 0.842. The Morgan fingerprint density at radius 3 is 2.65 bits per heavy atom. The summed E-state index contributed by atoms with van der Waals surface area (Å²) in [6.45, 7) is 0.980. The fourth-order valence-electron chi connectivity index (χ4n) is 4.42. The zero-order chi connectivity index (χ0) is 23.7. The SMILES string of the molecule is O=C(c1cc(OC(F)(F)F)cc(-c2cccc3cccnc23)c1)N1CCC(c2cccnc2)C1. The van der Waals surface area contributed by atoms with Crippen molar-refractivity contribution in [3.63, 3.8) is 0 Å². The molecule has 2 aromatic heterocycles. The van der Waals surface area contributed by atoms with E-state index >= 15 is 0 Å². The summed E-state index contributed by atoms with van der Waals surface area (Å²) in [4.78, 5) is 23.5. The largest absolute Gasteiger partial charge is 0.573 e. The van der Waals surface area contributed by atoms with Gasteiger partial charge >= 0.3 is 6.36 Å². The van der Waals surface area contributed by atoms with Gasteiger partial charge in [0.2, 0.25) is 0 Å². The van der Waals surface area contributed by atoms with E-state index in [1.54, 1.807) is 47.8 Å². The molecular formula is C26H20F3N3O2. The average Bonchev–Trinajstić information content (AvgIpc) is 3.33. The van der Waals surface area contributed by atoms with Crippen LogP contribution in [0, 0.1) is 0 Å². The Hall–Kier alpha value is -3.94. The molecule has 0 N–H and O–H groups in total. The Balaban J connectivity index is 1.52. The molecule has 1 unspecified atom stereocenters. The van der Waals surface area contributed by atoms with Crippen molar-refractivity contribution in [2.75, 3.05) is 13.1 Å². The molecule has 1 saturated heterocycles. The number of carbonyl (C=O) groups is 1. The van der Waals surface area contributed by atoms with Crippen LogP contribution in [0.1, 0.15) is 28.3 Å². The Bertz CT molecular complexity index is 1340.